The highest BCUT2D eigenvalue weighted by atomic mass is 28.4. The number of hydrogen-bond donors (Lipinski definition) is 0. The molecule has 0 aromatic rings. The molecule has 6 heteroatoms. The molecule has 200 valence electrons. The number of unbranched alkanes of at least 4 members (excludes halogenated alkanes) is 10. The number of hydrogen-bond acceptors (Lipinski definition) is 5. The van der Waals surface area contributed by atoms with Gasteiger partial charge in [0.2, 0.25) is 0 Å². The van der Waals surface area contributed by atoms with Crippen molar-refractivity contribution >= 4 is 8.32 Å². The van der Waals surface area contributed by atoms with E-state index in [9.17, 15) is 0 Å². The molecule has 0 saturated heterocycles. The van der Waals surface area contributed by atoms with Crippen molar-refractivity contribution in [1.29, 1.82) is 0 Å². The molecule has 0 aliphatic rings. The molecule has 0 radical (unpaired) electrons. The first-order valence-corrected chi connectivity index (χ1v) is 16.7. The summed E-state index contributed by atoms with van der Waals surface area (Å²) in [6.45, 7) is 19.4. The Hall–Kier alpha value is 0.0169. The van der Waals surface area contributed by atoms with Crippen LogP contribution in [0.25, 0.3) is 0 Å². The van der Waals surface area contributed by atoms with Crippen LogP contribution in [-0.4, -0.2) is 67.8 Å². The van der Waals surface area contributed by atoms with E-state index >= 15 is 0 Å². The molecule has 0 unspecified atom stereocenters. The normalized spacial score (nSPS) is 12.5. The van der Waals surface area contributed by atoms with Crippen molar-refractivity contribution in [3.8, 4) is 0 Å². The maximum absolute atomic E-state index is 6.08. The summed E-state index contributed by atoms with van der Waals surface area (Å²) in [5.41, 5.74) is 0. The lowest BCUT2D eigenvalue weighted by Gasteiger charge is -2.36. The molecule has 0 aromatic carbocycles. The van der Waals surface area contributed by atoms with Gasteiger partial charge >= 0.3 is 0 Å². The highest BCUT2D eigenvalue weighted by Gasteiger charge is 2.36. The quantitative estimate of drug-likeness (QED) is 0.0986. The predicted molar refractivity (Wildman–Crippen MR) is 143 cm³/mol. The van der Waals surface area contributed by atoms with Gasteiger partial charge in [-0.2, -0.15) is 0 Å². The van der Waals surface area contributed by atoms with Crippen molar-refractivity contribution in [3.05, 3.63) is 0 Å². The van der Waals surface area contributed by atoms with Crippen molar-refractivity contribution in [1.82, 2.24) is 0 Å². The van der Waals surface area contributed by atoms with E-state index in [0.29, 0.717) is 52.9 Å². The van der Waals surface area contributed by atoms with Gasteiger partial charge in [0.05, 0.1) is 52.9 Å². The van der Waals surface area contributed by atoms with Gasteiger partial charge in [0.15, 0.2) is 8.32 Å². The van der Waals surface area contributed by atoms with E-state index in [0.717, 1.165) is 6.61 Å². The predicted octanol–water partition coefficient (Wildman–Crippen LogP) is 7.39. The summed E-state index contributed by atoms with van der Waals surface area (Å²) in [7, 11) is -1.66. The Morgan fingerprint density at radius 2 is 0.788 bits per heavy atom. The Labute approximate surface area is 207 Å². The lowest BCUT2D eigenvalue weighted by atomic mass is 10.1. The maximum Gasteiger partial charge on any atom is 0.192 e. The zero-order chi connectivity index (χ0) is 24.7. The lowest BCUT2D eigenvalue weighted by molar-refractivity contribution is -0.00530. The van der Waals surface area contributed by atoms with Gasteiger partial charge in [-0.3, -0.25) is 0 Å². The summed E-state index contributed by atoms with van der Waals surface area (Å²) < 4.78 is 28.4. The van der Waals surface area contributed by atoms with E-state index in [1.807, 2.05) is 0 Å². The highest BCUT2D eigenvalue weighted by Crippen LogP contribution is 2.36. The minimum Gasteiger partial charge on any atom is -0.414 e. The third-order valence-corrected chi connectivity index (χ3v) is 11.0. The van der Waals surface area contributed by atoms with Crippen LogP contribution in [0.2, 0.25) is 18.1 Å². The van der Waals surface area contributed by atoms with E-state index < -0.39 is 8.32 Å². The van der Waals surface area contributed by atoms with Crippen LogP contribution in [0.15, 0.2) is 0 Å². The van der Waals surface area contributed by atoms with Gasteiger partial charge in [-0.1, -0.05) is 91.9 Å². The van der Waals surface area contributed by atoms with Crippen LogP contribution in [0.1, 0.15) is 98.3 Å². The Morgan fingerprint density at radius 1 is 0.455 bits per heavy atom. The molecule has 0 heterocycles. The summed E-state index contributed by atoms with van der Waals surface area (Å²) in [5, 5.41) is 0.244. The van der Waals surface area contributed by atoms with Crippen LogP contribution in [-0.2, 0) is 23.4 Å². The largest absolute Gasteiger partial charge is 0.414 e. The van der Waals surface area contributed by atoms with E-state index in [1.165, 1.54) is 70.6 Å². The molecule has 0 atom stereocenters. The summed E-state index contributed by atoms with van der Waals surface area (Å²) in [6.07, 6.45) is 15.0. The molecule has 0 aromatic heterocycles. The average Bonchev–Trinajstić information content (AvgIpc) is 2.76. The van der Waals surface area contributed by atoms with Crippen LogP contribution in [0, 0.1) is 0 Å². The summed E-state index contributed by atoms with van der Waals surface area (Å²) in [4.78, 5) is 0. The smallest absolute Gasteiger partial charge is 0.192 e. The van der Waals surface area contributed by atoms with Crippen molar-refractivity contribution in [2.45, 2.75) is 116 Å². The Balaban J connectivity index is 3.15. The third-order valence-electron chi connectivity index (χ3n) is 6.51. The molecule has 0 fully saturated rings. The first-order chi connectivity index (χ1) is 15.8. The third kappa shape index (κ3) is 22.2. The Kier molecular flexibility index (Phi) is 22.5. The molecule has 0 aliphatic heterocycles. The van der Waals surface area contributed by atoms with E-state index in [2.05, 4.69) is 40.8 Å². The van der Waals surface area contributed by atoms with Crippen LogP contribution < -0.4 is 0 Å². The van der Waals surface area contributed by atoms with E-state index in [1.54, 1.807) is 0 Å². The topological polar surface area (TPSA) is 46.2 Å². The molecule has 33 heavy (non-hydrogen) atoms. The molecular weight excluding hydrogens is 432 g/mol. The Morgan fingerprint density at radius 3 is 1.18 bits per heavy atom. The lowest BCUT2D eigenvalue weighted by Crippen LogP contribution is -2.41. The van der Waals surface area contributed by atoms with Gasteiger partial charge in [-0.15, -0.1) is 0 Å². The van der Waals surface area contributed by atoms with Gasteiger partial charge in [-0.25, -0.2) is 0 Å². The maximum atomic E-state index is 6.08. The van der Waals surface area contributed by atoms with Crippen molar-refractivity contribution in [3.63, 3.8) is 0 Å². The van der Waals surface area contributed by atoms with Gasteiger partial charge in [0.1, 0.15) is 0 Å². The molecule has 0 N–H and O–H groups in total. The van der Waals surface area contributed by atoms with Crippen molar-refractivity contribution in [2.75, 3.05) is 59.5 Å². The first kappa shape index (κ1) is 33.0. The van der Waals surface area contributed by atoms with Crippen LogP contribution in [0.5, 0.6) is 0 Å². The number of ether oxygens (including phenoxy) is 4. The molecule has 0 aliphatic carbocycles. The van der Waals surface area contributed by atoms with Gasteiger partial charge in [0.25, 0.3) is 0 Å². The second-order valence-electron chi connectivity index (χ2n) is 10.6. The Bertz CT molecular complexity index is 398. The molecule has 0 saturated carbocycles. The van der Waals surface area contributed by atoms with Gasteiger partial charge < -0.3 is 23.4 Å². The minimum absolute atomic E-state index is 0.244. The van der Waals surface area contributed by atoms with E-state index in [-0.39, 0.29) is 5.04 Å². The van der Waals surface area contributed by atoms with Crippen LogP contribution in [0.3, 0.4) is 0 Å². The highest BCUT2D eigenvalue weighted by molar-refractivity contribution is 6.74. The SMILES string of the molecule is CCCCCCCCCCCCCOCCOCCOCCOCCO[Si](C)(C)C(C)(C)C. The zero-order valence-electron chi connectivity index (χ0n) is 23.2. The first-order valence-electron chi connectivity index (χ1n) is 13.8. The molecule has 0 rings (SSSR count). The molecule has 0 bridgehead atoms. The molecule has 0 amide bonds. The molecule has 5 nitrogen and oxygen atoms in total. The summed E-state index contributed by atoms with van der Waals surface area (Å²) in [5.74, 6) is 0. The zero-order valence-corrected chi connectivity index (χ0v) is 24.2. The van der Waals surface area contributed by atoms with Crippen molar-refractivity contribution in [2.24, 2.45) is 0 Å². The fourth-order valence-corrected chi connectivity index (χ4v) is 4.23. The second-order valence-corrected chi connectivity index (χ2v) is 15.4. The van der Waals surface area contributed by atoms with Crippen LogP contribution >= 0.6 is 0 Å². The van der Waals surface area contributed by atoms with E-state index in [4.69, 9.17) is 23.4 Å². The number of rotatable bonds is 25. The van der Waals surface area contributed by atoms with Gasteiger partial charge in [0, 0.05) is 6.61 Å². The van der Waals surface area contributed by atoms with Crippen LogP contribution in [0.4, 0.5) is 0 Å². The molecule has 0 spiro atoms. The monoisotopic (exact) mass is 490 g/mol. The fraction of sp³-hybridized carbons (Fsp3) is 1.00. The fourth-order valence-electron chi connectivity index (χ4n) is 3.20. The summed E-state index contributed by atoms with van der Waals surface area (Å²) >= 11 is 0. The second kappa shape index (κ2) is 22.5. The molecular formula is C27H58O5Si. The summed E-state index contributed by atoms with van der Waals surface area (Å²) in [6, 6.07) is 0. The minimum atomic E-state index is -1.66. The van der Waals surface area contributed by atoms with Crippen molar-refractivity contribution < 1.29 is 23.4 Å². The van der Waals surface area contributed by atoms with Gasteiger partial charge in [-0.05, 0) is 24.6 Å². The average molecular weight is 491 g/mol. The standard InChI is InChI=1S/C27H58O5Si/c1-7-8-9-10-11-12-13-14-15-16-17-18-28-19-20-29-21-22-30-23-24-31-25-26-32-33(5,6)27(2,3)4/h7-26H2,1-6H3.